The van der Waals surface area contributed by atoms with Gasteiger partial charge in [0, 0.05) is 24.4 Å². The molecule has 0 amide bonds. The first-order chi connectivity index (χ1) is 15.0. The molecule has 2 N–H and O–H groups in total. The lowest BCUT2D eigenvalue weighted by Crippen LogP contribution is -2.50. The second-order valence-electron chi connectivity index (χ2n) is 7.12. The van der Waals surface area contributed by atoms with E-state index in [4.69, 9.17) is 16.3 Å². The van der Waals surface area contributed by atoms with Crippen LogP contribution >= 0.6 is 11.6 Å². The average molecular weight is 481 g/mol. The van der Waals surface area contributed by atoms with Gasteiger partial charge in [-0.25, -0.2) is 18.4 Å². The van der Waals surface area contributed by atoms with Crippen LogP contribution in [0.4, 0.5) is 22.0 Å². The van der Waals surface area contributed by atoms with Crippen molar-refractivity contribution in [2.75, 3.05) is 26.9 Å². The van der Waals surface area contributed by atoms with Crippen molar-refractivity contribution in [3.63, 3.8) is 0 Å². The van der Waals surface area contributed by atoms with E-state index in [1.807, 2.05) is 0 Å². The minimum absolute atomic E-state index is 0.0971. The Morgan fingerprint density at radius 3 is 2.34 bits per heavy atom. The van der Waals surface area contributed by atoms with Crippen LogP contribution in [0.3, 0.4) is 0 Å². The lowest BCUT2D eigenvalue weighted by atomic mass is 9.78. The van der Waals surface area contributed by atoms with Crippen LogP contribution in [0.25, 0.3) is 0 Å². The molecule has 12 heteroatoms. The Bertz CT molecular complexity index is 1020. The summed E-state index contributed by atoms with van der Waals surface area (Å²) in [6.07, 6.45) is -5.72. The fourth-order valence-electron chi connectivity index (χ4n) is 3.61. The Kier molecular flexibility index (Phi) is 6.80. The standard InChI is InChI=1S/C20H18ClF5N2O4/c1-8-13(19(30)32-9-6-27-7-9)16(15(18(29)31-2)12(5-22)28-8)14-11(23)4-3-10(21)17(14)20(24,25)26/h3-4,9,16,27-28H,5-7H2,1-2H3. The maximum atomic E-state index is 15.0. The number of ether oxygens (including phenoxy) is 2. The zero-order valence-corrected chi connectivity index (χ0v) is 17.6. The molecule has 0 aliphatic carbocycles. The number of esters is 2. The fraction of sp³-hybridized carbons (Fsp3) is 0.400. The molecule has 1 aromatic carbocycles. The van der Waals surface area contributed by atoms with E-state index < -0.39 is 75.6 Å². The zero-order valence-electron chi connectivity index (χ0n) is 16.8. The van der Waals surface area contributed by atoms with E-state index in [1.54, 1.807) is 0 Å². The number of carbonyl (C=O) groups excluding carboxylic acids is 2. The molecular weight excluding hydrogens is 463 g/mol. The maximum Gasteiger partial charge on any atom is 0.418 e. The Morgan fingerprint density at radius 2 is 1.84 bits per heavy atom. The highest BCUT2D eigenvalue weighted by Crippen LogP contribution is 2.47. The monoisotopic (exact) mass is 480 g/mol. The van der Waals surface area contributed by atoms with Crippen molar-refractivity contribution in [1.82, 2.24) is 10.6 Å². The number of methoxy groups -OCH3 is 1. The molecule has 1 fully saturated rings. The van der Waals surface area contributed by atoms with Gasteiger partial charge in [0.2, 0.25) is 0 Å². The quantitative estimate of drug-likeness (QED) is 0.497. The number of hydrogen-bond donors (Lipinski definition) is 2. The molecule has 1 atom stereocenters. The van der Waals surface area contributed by atoms with E-state index in [2.05, 4.69) is 15.4 Å². The van der Waals surface area contributed by atoms with Gasteiger partial charge in [0.05, 0.1) is 40.5 Å². The highest BCUT2D eigenvalue weighted by Gasteiger charge is 2.47. The van der Waals surface area contributed by atoms with E-state index in [0.717, 1.165) is 7.11 Å². The summed E-state index contributed by atoms with van der Waals surface area (Å²) in [5, 5.41) is 4.49. The number of benzene rings is 1. The topological polar surface area (TPSA) is 76.7 Å². The molecule has 174 valence electrons. The summed E-state index contributed by atoms with van der Waals surface area (Å²) in [5.41, 5.74) is -4.43. The van der Waals surface area contributed by atoms with Crippen molar-refractivity contribution < 1.29 is 41.0 Å². The summed E-state index contributed by atoms with van der Waals surface area (Å²) in [7, 11) is 0.921. The number of allylic oxidation sites excluding steroid dienone is 2. The third kappa shape index (κ3) is 4.31. The third-order valence-electron chi connectivity index (χ3n) is 5.14. The average Bonchev–Trinajstić information content (AvgIpc) is 2.69. The van der Waals surface area contributed by atoms with Gasteiger partial charge in [-0.2, -0.15) is 13.2 Å². The first kappa shape index (κ1) is 24.0. The molecule has 0 radical (unpaired) electrons. The molecule has 32 heavy (non-hydrogen) atoms. The van der Waals surface area contributed by atoms with Gasteiger partial charge in [-0.1, -0.05) is 11.6 Å². The molecule has 1 aromatic rings. The predicted molar refractivity (Wildman–Crippen MR) is 103 cm³/mol. The van der Waals surface area contributed by atoms with Gasteiger partial charge in [-0.05, 0) is 19.1 Å². The van der Waals surface area contributed by atoms with Crippen LogP contribution < -0.4 is 10.6 Å². The van der Waals surface area contributed by atoms with Crippen LogP contribution in [-0.2, 0) is 25.2 Å². The normalized spacial score (nSPS) is 19.4. The van der Waals surface area contributed by atoms with E-state index in [1.165, 1.54) is 6.92 Å². The molecule has 1 unspecified atom stereocenters. The Balaban J connectivity index is 2.32. The molecule has 0 aromatic heterocycles. The minimum Gasteiger partial charge on any atom is -0.466 e. The highest BCUT2D eigenvalue weighted by molar-refractivity contribution is 6.31. The summed E-state index contributed by atoms with van der Waals surface area (Å²) in [4.78, 5) is 25.5. The molecule has 2 heterocycles. The number of carbonyl (C=O) groups is 2. The molecule has 1 saturated heterocycles. The number of dihydropyridines is 1. The number of halogens is 6. The van der Waals surface area contributed by atoms with Gasteiger partial charge in [-0.3, -0.25) is 0 Å². The van der Waals surface area contributed by atoms with Crippen LogP contribution in [0.1, 0.15) is 24.0 Å². The van der Waals surface area contributed by atoms with E-state index in [9.17, 15) is 31.5 Å². The third-order valence-corrected chi connectivity index (χ3v) is 5.45. The van der Waals surface area contributed by atoms with Crippen LogP contribution in [0.2, 0.25) is 5.02 Å². The summed E-state index contributed by atoms with van der Waals surface area (Å²) in [6, 6.07) is 1.38. The smallest absolute Gasteiger partial charge is 0.418 e. The summed E-state index contributed by atoms with van der Waals surface area (Å²) >= 11 is 5.77. The summed E-state index contributed by atoms with van der Waals surface area (Å²) in [6.45, 7) is 0.578. The SMILES string of the molecule is COC(=O)C1=C(CF)NC(C)=C(C(=O)OC2CNC2)C1c1c(F)ccc(Cl)c1C(F)(F)F. The van der Waals surface area contributed by atoms with E-state index >= 15 is 0 Å². The van der Waals surface area contributed by atoms with Crippen molar-refractivity contribution in [1.29, 1.82) is 0 Å². The van der Waals surface area contributed by atoms with Crippen molar-refractivity contribution in [2.45, 2.75) is 25.1 Å². The van der Waals surface area contributed by atoms with E-state index in [0.29, 0.717) is 25.2 Å². The van der Waals surface area contributed by atoms with Crippen molar-refractivity contribution in [3.05, 3.63) is 56.6 Å². The molecule has 0 saturated carbocycles. The molecule has 2 aliphatic heterocycles. The Hall–Kier alpha value is -2.66. The summed E-state index contributed by atoms with van der Waals surface area (Å²) in [5.74, 6) is -5.70. The number of hydrogen-bond acceptors (Lipinski definition) is 6. The lowest BCUT2D eigenvalue weighted by molar-refractivity contribution is -0.147. The molecule has 0 spiro atoms. The lowest BCUT2D eigenvalue weighted by Gasteiger charge is -2.34. The van der Waals surface area contributed by atoms with Crippen LogP contribution in [-0.4, -0.2) is 44.9 Å². The van der Waals surface area contributed by atoms with Gasteiger partial charge in [0.15, 0.2) is 0 Å². The first-order valence-corrected chi connectivity index (χ1v) is 9.70. The van der Waals surface area contributed by atoms with E-state index in [-0.39, 0.29) is 5.70 Å². The second-order valence-corrected chi connectivity index (χ2v) is 7.52. The van der Waals surface area contributed by atoms with Gasteiger partial charge in [-0.15, -0.1) is 0 Å². The molecule has 2 aliphatic rings. The van der Waals surface area contributed by atoms with Gasteiger partial charge >= 0.3 is 18.1 Å². The highest BCUT2D eigenvalue weighted by atomic mass is 35.5. The van der Waals surface area contributed by atoms with Gasteiger partial charge in [0.25, 0.3) is 0 Å². The second kappa shape index (κ2) is 9.07. The van der Waals surface area contributed by atoms with Crippen molar-refractivity contribution >= 4 is 23.5 Å². The van der Waals surface area contributed by atoms with Gasteiger partial charge < -0.3 is 20.1 Å². The largest absolute Gasteiger partial charge is 0.466 e. The summed E-state index contributed by atoms with van der Waals surface area (Å²) < 4.78 is 80.4. The zero-order chi connectivity index (χ0) is 23.8. The fourth-order valence-corrected chi connectivity index (χ4v) is 3.88. The predicted octanol–water partition coefficient (Wildman–Crippen LogP) is 3.37. The first-order valence-electron chi connectivity index (χ1n) is 9.33. The number of nitrogens with one attached hydrogen (secondary N) is 2. The molecule has 0 bridgehead atoms. The van der Waals surface area contributed by atoms with Crippen LogP contribution in [0.15, 0.2) is 34.7 Å². The maximum absolute atomic E-state index is 15.0. The number of rotatable bonds is 5. The number of alkyl halides is 4. The van der Waals surface area contributed by atoms with Crippen molar-refractivity contribution in [3.8, 4) is 0 Å². The van der Waals surface area contributed by atoms with Gasteiger partial charge in [0.1, 0.15) is 18.6 Å². The molecular formula is C20H18ClF5N2O4. The minimum atomic E-state index is -5.16. The Morgan fingerprint density at radius 1 is 1.19 bits per heavy atom. The Labute approximate surface area is 184 Å². The van der Waals surface area contributed by atoms with Crippen LogP contribution in [0, 0.1) is 5.82 Å². The van der Waals surface area contributed by atoms with Crippen LogP contribution in [0.5, 0.6) is 0 Å². The molecule has 3 rings (SSSR count). The molecule has 6 nitrogen and oxygen atoms in total. The van der Waals surface area contributed by atoms with Crippen molar-refractivity contribution in [2.24, 2.45) is 0 Å².